The van der Waals surface area contributed by atoms with Crippen molar-refractivity contribution < 1.29 is 37.3 Å². The van der Waals surface area contributed by atoms with Crippen LogP contribution in [0.5, 0.6) is 11.5 Å². The van der Waals surface area contributed by atoms with Gasteiger partial charge in [0.2, 0.25) is 0 Å². The number of nitrogens with one attached hydrogen (secondary N) is 2. The third-order valence-electron chi connectivity index (χ3n) is 5.01. The Bertz CT molecular complexity index is 1210. The average molecular weight is 492 g/mol. The summed E-state index contributed by atoms with van der Waals surface area (Å²) in [5.41, 5.74) is 0.538. The molecule has 2 aromatic carbocycles. The lowest BCUT2D eigenvalue weighted by Gasteiger charge is -2.18. The molecule has 12 heteroatoms. The van der Waals surface area contributed by atoms with Gasteiger partial charge in [-0.1, -0.05) is 18.2 Å². The summed E-state index contributed by atoms with van der Waals surface area (Å²) in [6.45, 7) is -0.319. The van der Waals surface area contributed by atoms with Crippen LogP contribution in [0.3, 0.4) is 0 Å². The van der Waals surface area contributed by atoms with Gasteiger partial charge in [0, 0.05) is 24.4 Å². The molecule has 0 unspecified atom stereocenters. The second-order valence-electron chi connectivity index (χ2n) is 7.10. The van der Waals surface area contributed by atoms with E-state index in [0.29, 0.717) is 5.69 Å². The van der Waals surface area contributed by atoms with E-state index in [1.807, 2.05) is 0 Å². The zero-order valence-corrected chi connectivity index (χ0v) is 19.6. The Hall–Kier alpha value is -3.77. The summed E-state index contributed by atoms with van der Waals surface area (Å²) in [6.07, 6.45) is 0. The second kappa shape index (κ2) is 10.4. The minimum absolute atomic E-state index is 0.0211. The van der Waals surface area contributed by atoms with Gasteiger partial charge in [-0.05, 0) is 12.1 Å². The molecule has 3 N–H and O–H groups in total. The van der Waals surface area contributed by atoms with E-state index >= 15 is 0 Å². The van der Waals surface area contributed by atoms with Crippen molar-refractivity contribution in [3.05, 3.63) is 53.7 Å². The maximum absolute atomic E-state index is 13.0. The molecule has 0 radical (unpaired) electrons. The van der Waals surface area contributed by atoms with Crippen LogP contribution in [0.4, 0.5) is 11.4 Å². The molecule has 1 amide bonds. The smallest absolute Gasteiger partial charge is 0.337 e. The number of aliphatic hydroxyl groups excluding tert-OH is 1. The van der Waals surface area contributed by atoms with Gasteiger partial charge in [-0.25, -0.2) is 13.2 Å². The number of ether oxygens (including phenoxy) is 3. The highest BCUT2D eigenvalue weighted by molar-refractivity contribution is 7.92. The molecule has 0 fully saturated rings. The van der Waals surface area contributed by atoms with Crippen LogP contribution in [-0.2, 0) is 24.3 Å². The summed E-state index contributed by atoms with van der Waals surface area (Å²) >= 11 is 0. The van der Waals surface area contributed by atoms with Crippen molar-refractivity contribution in [2.24, 2.45) is 0 Å². The molecular formula is C22H25N3O8S. The van der Waals surface area contributed by atoms with Crippen LogP contribution >= 0.6 is 0 Å². The van der Waals surface area contributed by atoms with E-state index in [0.717, 1.165) is 0 Å². The number of benzene rings is 2. The number of hydrogen-bond acceptors (Lipinski definition) is 9. The van der Waals surface area contributed by atoms with E-state index in [2.05, 4.69) is 10.0 Å². The fraction of sp³-hybridized carbons (Fsp3) is 0.273. The van der Waals surface area contributed by atoms with E-state index in [4.69, 9.17) is 14.2 Å². The largest absolute Gasteiger partial charge is 0.495 e. The van der Waals surface area contributed by atoms with Gasteiger partial charge in [0.1, 0.15) is 22.1 Å². The van der Waals surface area contributed by atoms with E-state index in [1.165, 1.54) is 38.4 Å². The topological polar surface area (TPSA) is 144 Å². The van der Waals surface area contributed by atoms with Gasteiger partial charge >= 0.3 is 5.97 Å². The lowest BCUT2D eigenvalue weighted by molar-refractivity contribution is -0.136. The van der Waals surface area contributed by atoms with Crippen LogP contribution in [0.25, 0.3) is 0 Å². The first-order chi connectivity index (χ1) is 16.2. The molecule has 1 aliphatic heterocycles. The summed E-state index contributed by atoms with van der Waals surface area (Å²) in [6, 6.07) is 10.9. The second-order valence-corrected chi connectivity index (χ2v) is 8.75. The van der Waals surface area contributed by atoms with Crippen molar-refractivity contribution in [2.75, 3.05) is 51.1 Å². The molecule has 11 nitrogen and oxygen atoms in total. The normalized spacial score (nSPS) is 13.6. The number of hydrogen-bond donors (Lipinski definition) is 3. The lowest BCUT2D eigenvalue weighted by Crippen LogP contribution is -2.31. The van der Waals surface area contributed by atoms with Gasteiger partial charge in [0.05, 0.1) is 45.7 Å². The molecule has 0 aromatic heterocycles. The molecule has 34 heavy (non-hydrogen) atoms. The van der Waals surface area contributed by atoms with Crippen LogP contribution < -0.4 is 19.5 Å². The molecule has 0 bridgehead atoms. The highest BCUT2D eigenvalue weighted by Crippen LogP contribution is 2.38. The number of rotatable bonds is 10. The molecule has 3 rings (SSSR count). The number of sulfonamides is 1. The molecule has 2 aromatic rings. The Balaban J connectivity index is 2.03. The standard InChI is InChI=1S/C22H25N3O8S/c1-31-17-12-19(34(29,30)24-14-7-5-4-6-8-14)18(32-2)11-16(17)23-20-15(22(28)33-3)13-25(9-10-26)21(20)27/h4-8,11-12,23-24,26H,9-10,13H2,1-3H3. The van der Waals surface area contributed by atoms with Crippen molar-refractivity contribution >= 4 is 33.3 Å². The highest BCUT2D eigenvalue weighted by Gasteiger charge is 2.35. The first-order valence-electron chi connectivity index (χ1n) is 10.1. The zero-order chi connectivity index (χ0) is 24.9. The molecule has 0 spiro atoms. The number of carbonyl (C=O) groups excluding carboxylic acids is 2. The minimum atomic E-state index is -4.06. The third-order valence-corrected chi connectivity index (χ3v) is 6.42. The molecule has 0 saturated heterocycles. The Morgan fingerprint density at radius 3 is 2.35 bits per heavy atom. The number of para-hydroxylation sites is 1. The number of carbonyl (C=O) groups is 2. The van der Waals surface area contributed by atoms with Crippen molar-refractivity contribution in [1.29, 1.82) is 0 Å². The molecular weight excluding hydrogens is 466 g/mol. The summed E-state index contributed by atoms with van der Waals surface area (Å²) in [7, 11) is -0.237. The van der Waals surface area contributed by atoms with Crippen molar-refractivity contribution in [2.45, 2.75) is 4.90 Å². The van der Waals surface area contributed by atoms with E-state index in [9.17, 15) is 23.1 Å². The van der Waals surface area contributed by atoms with Gasteiger partial charge in [-0.3, -0.25) is 9.52 Å². The molecule has 1 heterocycles. The Morgan fingerprint density at radius 2 is 1.76 bits per heavy atom. The van der Waals surface area contributed by atoms with Crippen LogP contribution in [0, 0.1) is 0 Å². The fourth-order valence-corrected chi connectivity index (χ4v) is 4.60. The number of anilines is 2. The summed E-state index contributed by atoms with van der Waals surface area (Å²) < 4.78 is 44.0. The maximum atomic E-state index is 13.0. The fourth-order valence-electron chi connectivity index (χ4n) is 3.38. The third kappa shape index (κ3) is 5.07. The summed E-state index contributed by atoms with van der Waals surface area (Å²) in [4.78, 5) is 26.2. The predicted octanol–water partition coefficient (Wildman–Crippen LogP) is 1.18. The number of amides is 1. The summed E-state index contributed by atoms with van der Waals surface area (Å²) in [5.74, 6) is -1.18. The number of nitrogens with zero attached hydrogens (tertiary/aromatic N) is 1. The zero-order valence-electron chi connectivity index (χ0n) is 18.8. The number of β-amino-alcohol motifs (C(OH)–C–C–N with tert-alkyl or cyclic N) is 1. The van der Waals surface area contributed by atoms with Gasteiger partial charge in [-0.15, -0.1) is 0 Å². The monoisotopic (exact) mass is 491 g/mol. The van der Waals surface area contributed by atoms with E-state index < -0.39 is 21.9 Å². The first kappa shape index (κ1) is 24.9. The van der Waals surface area contributed by atoms with Gasteiger partial charge in [0.25, 0.3) is 15.9 Å². The number of methoxy groups -OCH3 is 3. The SMILES string of the molecule is COC(=O)C1=C(Nc2cc(OC)c(S(=O)(=O)Nc3ccccc3)cc2OC)C(=O)N(CCO)C1. The van der Waals surface area contributed by atoms with Crippen molar-refractivity contribution in [1.82, 2.24) is 4.90 Å². The van der Waals surface area contributed by atoms with E-state index in [1.54, 1.807) is 30.3 Å². The highest BCUT2D eigenvalue weighted by atomic mass is 32.2. The lowest BCUT2D eigenvalue weighted by atomic mass is 10.2. The van der Waals surface area contributed by atoms with Crippen molar-refractivity contribution in [3.8, 4) is 11.5 Å². The molecule has 1 aliphatic rings. The molecule has 0 atom stereocenters. The van der Waals surface area contributed by atoms with Crippen LogP contribution in [0.15, 0.2) is 58.6 Å². The Labute approximate surface area is 197 Å². The first-order valence-corrected chi connectivity index (χ1v) is 11.6. The van der Waals surface area contributed by atoms with Crippen LogP contribution in [0.2, 0.25) is 0 Å². The van der Waals surface area contributed by atoms with E-state index in [-0.39, 0.29) is 53.0 Å². The summed E-state index contributed by atoms with van der Waals surface area (Å²) in [5, 5.41) is 12.1. The Morgan fingerprint density at radius 1 is 1.09 bits per heavy atom. The van der Waals surface area contributed by atoms with Crippen LogP contribution in [0.1, 0.15) is 0 Å². The van der Waals surface area contributed by atoms with Crippen LogP contribution in [-0.4, -0.2) is 71.3 Å². The molecule has 0 saturated carbocycles. The van der Waals surface area contributed by atoms with Gasteiger partial charge in [0.15, 0.2) is 0 Å². The predicted molar refractivity (Wildman–Crippen MR) is 123 cm³/mol. The minimum Gasteiger partial charge on any atom is -0.495 e. The van der Waals surface area contributed by atoms with Gasteiger partial charge < -0.3 is 29.5 Å². The van der Waals surface area contributed by atoms with Gasteiger partial charge in [-0.2, -0.15) is 0 Å². The maximum Gasteiger partial charge on any atom is 0.337 e. The van der Waals surface area contributed by atoms with Crippen molar-refractivity contribution in [3.63, 3.8) is 0 Å². The number of esters is 1. The quantitative estimate of drug-likeness (QED) is 0.417. The Kier molecular flexibility index (Phi) is 7.64. The number of aliphatic hydroxyl groups is 1. The average Bonchev–Trinajstić information content (AvgIpc) is 3.13. The molecule has 0 aliphatic carbocycles. The molecule has 182 valence electrons.